The molecule has 3 N–H and O–H groups in total. The fraction of sp³-hybridized carbons (Fsp3) is 0.111. The molecule has 0 saturated carbocycles. The Labute approximate surface area is 91.1 Å². The van der Waals surface area contributed by atoms with E-state index in [0.717, 1.165) is 0 Å². The van der Waals surface area contributed by atoms with Crippen molar-refractivity contribution in [3.05, 3.63) is 39.9 Å². The summed E-state index contributed by atoms with van der Waals surface area (Å²) in [7, 11) is 0. The Balaban J connectivity index is 2.88. The van der Waals surface area contributed by atoms with Gasteiger partial charge >= 0.3 is 0 Å². The lowest BCUT2D eigenvalue weighted by Gasteiger charge is -2.01. The molecule has 0 bridgehead atoms. The Morgan fingerprint density at radius 3 is 2.88 bits per heavy atom. The third-order valence-corrected chi connectivity index (χ3v) is 1.82. The molecule has 0 atom stereocenters. The fourth-order valence-electron chi connectivity index (χ4n) is 1.18. The van der Waals surface area contributed by atoms with Crippen LogP contribution in [0.25, 0.3) is 0 Å². The number of carbonyl (C=O) groups excluding carboxylic acids is 1. The van der Waals surface area contributed by atoms with Gasteiger partial charge in [-0.15, -0.1) is 0 Å². The minimum Gasteiger partial charge on any atom is -0.385 e. The SMILES string of the molecule is NC(Cc1ccccc1[N+](=O)[O-])=NNC=O. The van der Waals surface area contributed by atoms with Crippen molar-refractivity contribution in [1.29, 1.82) is 0 Å². The number of amides is 1. The molecule has 1 amide bonds. The molecule has 0 aliphatic heterocycles. The monoisotopic (exact) mass is 222 g/mol. The number of nitrogens with zero attached hydrogens (tertiary/aromatic N) is 2. The van der Waals surface area contributed by atoms with Crippen LogP contribution in [-0.2, 0) is 11.2 Å². The summed E-state index contributed by atoms with van der Waals surface area (Å²) in [6.45, 7) is 0. The molecule has 7 nitrogen and oxygen atoms in total. The summed E-state index contributed by atoms with van der Waals surface area (Å²) >= 11 is 0. The van der Waals surface area contributed by atoms with Crippen LogP contribution in [0.4, 0.5) is 5.69 Å². The largest absolute Gasteiger partial charge is 0.385 e. The van der Waals surface area contributed by atoms with Gasteiger partial charge < -0.3 is 5.73 Å². The Bertz CT molecular complexity index is 431. The van der Waals surface area contributed by atoms with Crippen molar-refractivity contribution in [1.82, 2.24) is 5.43 Å². The zero-order chi connectivity index (χ0) is 12.0. The van der Waals surface area contributed by atoms with Gasteiger partial charge in [0.25, 0.3) is 5.69 Å². The van der Waals surface area contributed by atoms with E-state index in [4.69, 9.17) is 5.73 Å². The van der Waals surface area contributed by atoms with E-state index in [9.17, 15) is 14.9 Å². The quantitative estimate of drug-likeness (QED) is 0.243. The van der Waals surface area contributed by atoms with E-state index < -0.39 is 4.92 Å². The summed E-state index contributed by atoms with van der Waals surface area (Å²) < 4.78 is 0. The number of carbonyl (C=O) groups is 1. The van der Waals surface area contributed by atoms with Crippen LogP contribution in [0.15, 0.2) is 29.4 Å². The van der Waals surface area contributed by atoms with Crippen LogP contribution in [0.5, 0.6) is 0 Å². The molecule has 1 aromatic rings. The molecule has 0 spiro atoms. The van der Waals surface area contributed by atoms with Crippen LogP contribution in [-0.4, -0.2) is 17.2 Å². The van der Waals surface area contributed by atoms with Crippen LogP contribution in [0.1, 0.15) is 5.56 Å². The molecule has 7 heteroatoms. The topological polar surface area (TPSA) is 111 Å². The molecule has 0 aromatic heterocycles. The molecule has 0 aliphatic carbocycles. The smallest absolute Gasteiger partial charge is 0.273 e. The maximum Gasteiger partial charge on any atom is 0.273 e. The van der Waals surface area contributed by atoms with E-state index in [2.05, 4.69) is 5.10 Å². The number of hydrogen-bond acceptors (Lipinski definition) is 4. The lowest BCUT2D eigenvalue weighted by molar-refractivity contribution is -0.385. The van der Waals surface area contributed by atoms with Crippen LogP contribution in [0, 0.1) is 10.1 Å². The second kappa shape index (κ2) is 5.44. The van der Waals surface area contributed by atoms with E-state index in [1.807, 2.05) is 5.43 Å². The van der Waals surface area contributed by atoms with Crippen LogP contribution >= 0.6 is 0 Å². The van der Waals surface area contributed by atoms with Crippen molar-refractivity contribution in [3.8, 4) is 0 Å². The van der Waals surface area contributed by atoms with E-state index in [0.29, 0.717) is 12.0 Å². The first kappa shape index (κ1) is 11.6. The Morgan fingerprint density at radius 1 is 1.56 bits per heavy atom. The maximum atomic E-state index is 10.7. The number of hydrazone groups is 1. The normalized spacial score (nSPS) is 10.9. The molecule has 0 aliphatic rings. The number of hydrogen-bond donors (Lipinski definition) is 2. The first-order valence-corrected chi connectivity index (χ1v) is 4.38. The summed E-state index contributed by atoms with van der Waals surface area (Å²) in [6.07, 6.45) is 0.476. The Morgan fingerprint density at radius 2 is 2.25 bits per heavy atom. The number of nitro benzene ring substituents is 1. The van der Waals surface area contributed by atoms with Gasteiger partial charge in [0.05, 0.1) is 4.92 Å². The van der Waals surface area contributed by atoms with Crippen LogP contribution in [0.3, 0.4) is 0 Å². The molecule has 0 radical (unpaired) electrons. The molecule has 0 heterocycles. The van der Waals surface area contributed by atoms with Gasteiger partial charge in [-0.2, -0.15) is 5.10 Å². The number of nitro groups is 1. The summed E-state index contributed by atoms with van der Waals surface area (Å²) in [6, 6.07) is 6.21. The summed E-state index contributed by atoms with van der Waals surface area (Å²) in [5.74, 6) is 0.0985. The van der Waals surface area contributed by atoms with Crippen molar-refractivity contribution < 1.29 is 9.72 Å². The number of para-hydroxylation sites is 1. The van der Waals surface area contributed by atoms with Crippen molar-refractivity contribution in [3.63, 3.8) is 0 Å². The average Bonchev–Trinajstić information content (AvgIpc) is 2.27. The van der Waals surface area contributed by atoms with Gasteiger partial charge in [0.1, 0.15) is 5.84 Å². The van der Waals surface area contributed by atoms with Gasteiger partial charge in [-0.25, -0.2) is 5.43 Å². The third kappa shape index (κ3) is 3.05. The van der Waals surface area contributed by atoms with Crippen molar-refractivity contribution in [2.45, 2.75) is 6.42 Å². The number of benzene rings is 1. The van der Waals surface area contributed by atoms with Gasteiger partial charge in [-0.3, -0.25) is 14.9 Å². The molecule has 16 heavy (non-hydrogen) atoms. The van der Waals surface area contributed by atoms with Gasteiger partial charge in [0.15, 0.2) is 0 Å². The molecular formula is C9H10N4O3. The second-order valence-electron chi connectivity index (χ2n) is 2.91. The van der Waals surface area contributed by atoms with E-state index >= 15 is 0 Å². The predicted molar refractivity (Wildman–Crippen MR) is 57.6 cm³/mol. The van der Waals surface area contributed by atoms with Crippen molar-refractivity contribution >= 4 is 17.9 Å². The summed E-state index contributed by atoms with van der Waals surface area (Å²) in [5.41, 5.74) is 7.92. The van der Waals surface area contributed by atoms with Crippen LogP contribution in [0.2, 0.25) is 0 Å². The molecule has 84 valence electrons. The molecule has 1 aromatic carbocycles. The number of nitrogens with one attached hydrogen (secondary N) is 1. The van der Waals surface area contributed by atoms with Crippen molar-refractivity contribution in [2.24, 2.45) is 10.8 Å². The minimum atomic E-state index is -0.490. The zero-order valence-electron chi connectivity index (χ0n) is 8.29. The molecule has 0 fully saturated rings. The van der Waals surface area contributed by atoms with Crippen LogP contribution < -0.4 is 11.2 Å². The molecule has 1 rings (SSSR count). The number of nitrogens with two attached hydrogens (primary N) is 1. The molecular weight excluding hydrogens is 212 g/mol. The lowest BCUT2D eigenvalue weighted by atomic mass is 10.1. The third-order valence-electron chi connectivity index (χ3n) is 1.82. The standard InChI is InChI=1S/C9H10N4O3/c10-9(12-11-6-14)5-7-3-1-2-4-8(7)13(15)16/h1-4,6H,5H2,(H2,10,12)(H,11,14). The Kier molecular flexibility index (Phi) is 3.96. The summed E-state index contributed by atoms with van der Waals surface area (Å²) in [4.78, 5) is 20.1. The predicted octanol–water partition coefficient (Wildman–Crippen LogP) is 0.155. The Hall–Kier alpha value is -2.44. The van der Waals surface area contributed by atoms with Gasteiger partial charge in [-0.05, 0) is 0 Å². The fourth-order valence-corrected chi connectivity index (χ4v) is 1.18. The maximum absolute atomic E-state index is 10.7. The molecule has 0 unspecified atom stereocenters. The zero-order valence-corrected chi connectivity index (χ0v) is 8.29. The summed E-state index contributed by atoms with van der Waals surface area (Å²) in [5, 5.41) is 14.2. The number of rotatable bonds is 5. The van der Waals surface area contributed by atoms with Gasteiger partial charge in [0.2, 0.25) is 6.41 Å². The van der Waals surface area contributed by atoms with E-state index in [1.165, 1.54) is 6.07 Å². The highest BCUT2D eigenvalue weighted by molar-refractivity contribution is 5.83. The second-order valence-corrected chi connectivity index (χ2v) is 2.91. The molecule has 0 saturated heterocycles. The first-order chi connectivity index (χ1) is 7.65. The highest BCUT2D eigenvalue weighted by atomic mass is 16.6. The number of amidine groups is 1. The first-order valence-electron chi connectivity index (χ1n) is 4.38. The minimum absolute atomic E-state index is 0.0215. The lowest BCUT2D eigenvalue weighted by Crippen LogP contribution is -2.20. The highest BCUT2D eigenvalue weighted by Crippen LogP contribution is 2.17. The van der Waals surface area contributed by atoms with Crippen molar-refractivity contribution in [2.75, 3.05) is 0 Å². The highest BCUT2D eigenvalue weighted by Gasteiger charge is 2.12. The van der Waals surface area contributed by atoms with E-state index in [-0.39, 0.29) is 17.9 Å². The van der Waals surface area contributed by atoms with Gasteiger partial charge in [-0.1, -0.05) is 18.2 Å². The van der Waals surface area contributed by atoms with E-state index in [1.54, 1.807) is 18.2 Å². The van der Waals surface area contributed by atoms with Gasteiger partial charge in [0, 0.05) is 18.1 Å². The average molecular weight is 222 g/mol.